The molecular weight excluding hydrogens is 358 g/mol. The lowest BCUT2D eigenvalue weighted by atomic mass is 9.81. The molecule has 2 atom stereocenters. The van der Waals surface area contributed by atoms with E-state index in [1.54, 1.807) is 5.57 Å². The maximum Gasteiger partial charge on any atom is 0.250 e. The SMILES string of the molecule is CCCC1CC(O[Si](C)(C)C(C)(C)C)=C2CCCCC2N1Cc1ccccc1. The summed E-state index contributed by atoms with van der Waals surface area (Å²) in [5, 5.41) is 0.256. The zero-order valence-corrected chi connectivity index (χ0v) is 20.1. The van der Waals surface area contributed by atoms with Crippen molar-refractivity contribution in [2.45, 2.75) is 109 Å². The largest absolute Gasteiger partial charge is 0.546 e. The van der Waals surface area contributed by atoms with Gasteiger partial charge in [0.05, 0.1) is 5.76 Å². The Kier molecular flexibility index (Phi) is 6.76. The highest BCUT2D eigenvalue weighted by Crippen LogP contribution is 2.44. The van der Waals surface area contributed by atoms with E-state index in [1.807, 2.05) is 0 Å². The van der Waals surface area contributed by atoms with Crippen LogP contribution in [0.25, 0.3) is 0 Å². The van der Waals surface area contributed by atoms with Crippen molar-refractivity contribution in [2.75, 3.05) is 0 Å². The number of benzene rings is 1. The van der Waals surface area contributed by atoms with Gasteiger partial charge in [-0.05, 0) is 55.0 Å². The smallest absolute Gasteiger partial charge is 0.250 e. The number of nitrogens with zero attached hydrogens (tertiary/aromatic N) is 1. The van der Waals surface area contributed by atoms with E-state index in [4.69, 9.17) is 4.43 Å². The molecular formula is C25H41NOSi. The third-order valence-corrected chi connectivity index (χ3v) is 11.6. The van der Waals surface area contributed by atoms with Gasteiger partial charge in [-0.25, -0.2) is 0 Å². The van der Waals surface area contributed by atoms with Crippen LogP contribution in [0.5, 0.6) is 0 Å². The van der Waals surface area contributed by atoms with Crippen LogP contribution in [-0.4, -0.2) is 25.3 Å². The van der Waals surface area contributed by atoms with Gasteiger partial charge in [0.25, 0.3) is 0 Å². The van der Waals surface area contributed by atoms with Crippen LogP contribution in [0.15, 0.2) is 41.7 Å². The highest BCUT2D eigenvalue weighted by Gasteiger charge is 2.43. The number of hydrogen-bond donors (Lipinski definition) is 0. The number of fused-ring (bicyclic) bond motifs is 1. The van der Waals surface area contributed by atoms with Crippen molar-refractivity contribution in [3.63, 3.8) is 0 Å². The normalized spacial score (nSPS) is 24.2. The fraction of sp³-hybridized carbons (Fsp3) is 0.680. The molecule has 2 nitrogen and oxygen atoms in total. The monoisotopic (exact) mass is 399 g/mol. The maximum absolute atomic E-state index is 6.98. The van der Waals surface area contributed by atoms with Crippen molar-refractivity contribution in [2.24, 2.45) is 0 Å². The van der Waals surface area contributed by atoms with Crippen LogP contribution < -0.4 is 0 Å². The van der Waals surface area contributed by atoms with Crippen molar-refractivity contribution < 1.29 is 4.43 Å². The second-order valence-corrected chi connectivity index (χ2v) is 15.1. The van der Waals surface area contributed by atoms with Gasteiger partial charge in [-0.2, -0.15) is 0 Å². The first kappa shape index (κ1) is 21.6. The van der Waals surface area contributed by atoms with Crippen molar-refractivity contribution in [1.29, 1.82) is 0 Å². The highest BCUT2D eigenvalue weighted by atomic mass is 28.4. The molecule has 0 bridgehead atoms. The summed E-state index contributed by atoms with van der Waals surface area (Å²) in [7, 11) is -1.79. The van der Waals surface area contributed by atoms with Crippen molar-refractivity contribution >= 4 is 8.32 Å². The molecule has 0 aromatic heterocycles. The van der Waals surface area contributed by atoms with E-state index in [0.717, 1.165) is 13.0 Å². The highest BCUT2D eigenvalue weighted by molar-refractivity contribution is 6.74. The Bertz CT molecular complexity index is 674. The topological polar surface area (TPSA) is 12.5 Å². The summed E-state index contributed by atoms with van der Waals surface area (Å²) < 4.78 is 6.98. The van der Waals surface area contributed by atoms with E-state index in [-0.39, 0.29) is 5.04 Å². The van der Waals surface area contributed by atoms with Gasteiger partial charge in [0, 0.05) is 25.0 Å². The summed E-state index contributed by atoms with van der Waals surface area (Å²) in [6, 6.07) is 12.2. The van der Waals surface area contributed by atoms with E-state index in [1.165, 1.54) is 49.8 Å². The lowest BCUT2D eigenvalue weighted by molar-refractivity contribution is 0.0862. The molecule has 1 fully saturated rings. The van der Waals surface area contributed by atoms with Gasteiger partial charge >= 0.3 is 0 Å². The third-order valence-electron chi connectivity index (χ3n) is 7.24. The van der Waals surface area contributed by atoms with E-state index in [0.29, 0.717) is 12.1 Å². The summed E-state index contributed by atoms with van der Waals surface area (Å²) in [6.45, 7) is 15.3. The fourth-order valence-corrected chi connectivity index (χ4v) is 5.74. The molecule has 156 valence electrons. The summed E-state index contributed by atoms with van der Waals surface area (Å²) in [6.07, 6.45) is 8.83. The summed E-state index contributed by atoms with van der Waals surface area (Å²) in [5.41, 5.74) is 3.08. The van der Waals surface area contributed by atoms with Crippen molar-refractivity contribution in [1.82, 2.24) is 4.90 Å². The molecule has 3 heteroatoms. The van der Waals surface area contributed by atoms with Gasteiger partial charge in [0.2, 0.25) is 8.32 Å². The standard InChI is InChI=1S/C25H41NOSi/c1-7-13-21-18-24(27-28(5,6)25(2,3)4)22-16-11-12-17-23(22)26(21)19-20-14-9-8-10-15-20/h8-10,14-15,21,23H,7,11-13,16-19H2,1-6H3. The van der Waals surface area contributed by atoms with Crippen LogP contribution in [0, 0.1) is 0 Å². The molecule has 0 spiro atoms. The lowest BCUT2D eigenvalue weighted by Gasteiger charge is -2.48. The summed E-state index contributed by atoms with van der Waals surface area (Å²) in [4.78, 5) is 2.83. The zero-order chi connectivity index (χ0) is 20.4. The van der Waals surface area contributed by atoms with Crippen molar-refractivity contribution in [3.8, 4) is 0 Å². The first-order chi connectivity index (χ1) is 13.2. The van der Waals surface area contributed by atoms with Gasteiger partial charge < -0.3 is 4.43 Å². The molecule has 1 saturated carbocycles. The average Bonchev–Trinajstić information content (AvgIpc) is 2.64. The molecule has 0 N–H and O–H groups in total. The number of rotatable bonds is 6. The number of hydrogen-bond acceptors (Lipinski definition) is 2. The van der Waals surface area contributed by atoms with E-state index >= 15 is 0 Å². The molecule has 1 heterocycles. The fourth-order valence-electron chi connectivity index (χ4n) is 4.60. The lowest BCUT2D eigenvalue weighted by Crippen LogP contribution is -2.50. The molecule has 0 amide bonds. The van der Waals surface area contributed by atoms with Gasteiger partial charge in [0.1, 0.15) is 0 Å². The Labute approximate surface area is 174 Å². The van der Waals surface area contributed by atoms with Crippen LogP contribution in [0.1, 0.15) is 78.2 Å². The minimum Gasteiger partial charge on any atom is -0.546 e. The molecule has 1 aromatic rings. The minimum atomic E-state index is -1.79. The van der Waals surface area contributed by atoms with Gasteiger partial charge in [0.15, 0.2) is 0 Å². The predicted molar refractivity (Wildman–Crippen MR) is 123 cm³/mol. The molecule has 28 heavy (non-hydrogen) atoms. The molecule has 2 unspecified atom stereocenters. The molecule has 0 radical (unpaired) electrons. The Morgan fingerprint density at radius 3 is 2.46 bits per heavy atom. The molecule has 2 aliphatic rings. The Morgan fingerprint density at radius 1 is 1.11 bits per heavy atom. The van der Waals surface area contributed by atoms with Crippen LogP contribution >= 0.6 is 0 Å². The van der Waals surface area contributed by atoms with Crippen LogP contribution in [-0.2, 0) is 11.0 Å². The summed E-state index contributed by atoms with van der Waals surface area (Å²) >= 11 is 0. The zero-order valence-electron chi connectivity index (χ0n) is 19.1. The minimum absolute atomic E-state index is 0.256. The van der Waals surface area contributed by atoms with E-state index in [2.05, 4.69) is 76.0 Å². The molecule has 1 aromatic carbocycles. The van der Waals surface area contributed by atoms with Gasteiger partial charge in [-0.1, -0.05) is 70.9 Å². The van der Waals surface area contributed by atoms with E-state index < -0.39 is 8.32 Å². The Morgan fingerprint density at radius 2 is 1.82 bits per heavy atom. The van der Waals surface area contributed by atoms with Gasteiger partial charge in [-0.15, -0.1) is 0 Å². The molecule has 0 saturated heterocycles. The quantitative estimate of drug-likeness (QED) is 0.466. The third kappa shape index (κ3) is 4.73. The first-order valence-corrected chi connectivity index (χ1v) is 14.3. The average molecular weight is 400 g/mol. The van der Waals surface area contributed by atoms with Crippen LogP contribution in [0.4, 0.5) is 0 Å². The van der Waals surface area contributed by atoms with E-state index in [9.17, 15) is 0 Å². The predicted octanol–water partition coefficient (Wildman–Crippen LogP) is 7.28. The molecule has 3 rings (SSSR count). The van der Waals surface area contributed by atoms with Crippen LogP contribution in [0.3, 0.4) is 0 Å². The van der Waals surface area contributed by atoms with Crippen LogP contribution in [0.2, 0.25) is 18.1 Å². The molecule has 1 aliphatic carbocycles. The van der Waals surface area contributed by atoms with Crippen molar-refractivity contribution in [3.05, 3.63) is 47.2 Å². The maximum atomic E-state index is 6.98. The Balaban J connectivity index is 1.92. The Hall–Kier alpha value is -1.06. The summed E-state index contributed by atoms with van der Waals surface area (Å²) in [5.74, 6) is 1.39. The van der Waals surface area contributed by atoms with Gasteiger partial charge in [-0.3, -0.25) is 4.90 Å². The first-order valence-electron chi connectivity index (χ1n) is 11.4. The second-order valence-electron chi connectivity index (χ2n) is 10.4. The molecule has 1 aliphatic heterocycles. The second kappa shape index (κ2) is 8.75.